The second kappa shape index (κ2) is 8.25. The lowest BCUT2D eigenvalue weighted by Gasteiger charge is -2.29. The Bertz CT molecular complexity index is 722. The lowest BCUT2D eigenvalue weighted by Crippen LogP contribution is -2.42. The van der Waals surface area contributed by atoms with Gasteiger partial charge in [0.15, 0.2) is 0 Å². The Balaban J connectivity index is 1.81. The van der Waals surface area contributed by atoms with E-state index in [-0.39, 0.29) is 29.9 Å². The predicted molar refractivity (Wildman–Crippen MR) is 103 cm³/mol. The van der Waals surface area contributed by atoms with Crippen molar-refractivity contribution < 1.29 is 19.8 Å². The Hall–Kier alpha value is -1.50. The van der Waals surface area contributed by atoms with E-state index in [9.17, 15) is 19.8 Å². The van der Waals surface area contributed by atoms with Gasteiger partial charge >= 0.3 is 6.09 Å². The highest BCUT2D eigenvalue weighted by Gasteiger charge is 2.42. The van der Waals surface area contributed by atoms with Crippen molar-refractivity contribution in [2.45, 2.75) is 43.7 Å². The third kappa shape index (κ3) is 4.33. The lowest BCUT2D eigenvalue weighted by atomic mass is 9.86. The molecule has 0 aromatic heterocycles. The fourth-order valence-electron chi connectivity index (χ4n) is 4.15. The van der Waals surface area contributed by atoms with Crippen LogP contribution in [0.1, 0.15) is 37.2 Å². The molecule has 1 aromatic carbocycles. The summed E-state index contributed by atoms with van der Waals surface area (Å²) in [5, 5.41) is 20.0. The van der Waals surface area contributed by atoms with Gasteiger partial charge in [-0.15, -0.1) is 0 Å². The topological polar surface area (TPSA) is 81.1 Å². The van der Waals surface area contributed by atoms with Crippen LogP contribution in [0.5, 0.6) is 0 Å². The molecule has 2 amide bonds. The van der Waals surface area contributed by atoms with Crippen LogP contribution in [-0.4, -0.2) is 64.3 Å². The van der Waals surface area contributed by atoms with Crippen LogP contribution < -0.4 is 0 Å². The van der Waals surface area contributed by atoms with Gasteiger partial charge in [0.2, 0.25) is 5.91 Å². The van der Waals surface area contributed by atoms with Crippen LogP contribution in [0.2, 0.25) is 10.0 Å². The number of halogens is 2. The molecule has 2 atom stereocenters. The Kier molecular flexibility index (Phi) is 6.18. The highest BCUT2D eigenvalue weighted by Crippen LogP contribution is 2.36. The third-order valence-electron chi connectivity index (χ3n) is 5.82. The zero-order chi connectivity index (χ0) is 19.7. The number of nitrogens with zero attached hydrogens (tertiary/aromatic N) is 2. The minimum atomic E-state index is -1.03. The van der Waals surface area contributed by atoms with E-state index in [2.05, 4.69) is 0 Å². The monoisotopic (exact) mass is 414 g/mol. The van der Waals surface area contributed by atoms with Crippen molar-refractivity contribution in [2.24, 2.45) is 5.92 Å². The number of carbonyl (C=O) groups is 2. The van der Waals surface area contributed by atoms with Gasteiger partial charge in [-0.3, -0.25) is 4.79 Å². The second-order valence-electron chi connectivity index (χ2n) is 7.49. The molecule has 3 rings (SSSR count). The number of carboxylic acid groups (broad SMARTS) is 1. The standard InChI is InChI=1S/C19H24Cl2N2O4/c1-22(19(26)27)17-10-23(18(25)11-2-5-13(24)6-3-11)9-14(17)12-4-7-15(20)16(21)8-12/h4,7-8,11,13-14,17,24H,2-3,5-6,9-10H2,1H3,(H,26,27)/t11?,13?,14-,17+/m1/s1. The molecule has 0 spiro atoms. The van der Waals surface area contributed by atoms with Crippen molar-refractivity contribution in [1.29, 1.82) is 0 Å². The number of likely N-dealkylation sites (N-methyl/N-ethyl adjacent to an activating group) is 1. The number of rotatable bonds is 3. The predicted octanol–water partition coefficient (Wildman–Crippen LogP) is 3.45. The fraction of sp³-hybridized carbons (Fsp3) is 0.579. The molecule has 0 radical (unpaired) electrons. The normalized spacial score (nSPS) is 28.2. The molecule has 2 N–H and O–H groups in total. The van der Waals surface area contributed by atoms with Gasteiger partial charge < -0.3 is 20.0 Å². The summed E-state index contributed by atoms with van der Waals surface area (Å²) in [7, 11) is 1.53. The van der Waals surface area contributed by atoms with Gasteiger partial charge in [-0.2, -0.15) is 0 Å². The second-order valence-corrected chi connectivity index (χ2v) is 8.30. The highest BCUT2D eigenvalue weighted by molar-refractivity contribution is 6.42. The maximum absolute atomic E-state index is 13.0. The first-order chi connectivity index (χ1) is 12.8. The van der Waals surface area contributed by atoms with Crippen LogP contribution >= 0.6 is 23.2 Å². The van der Waals surface area contributed by atoms with Gasteiger partial charge in [0, 0.05) is 32.0 Å². The number of carbonyl (C=O) groups excluding carboxylic acids is 1. The van der Waals surface area contributed by atoms with Gasteiger partial charge in [-0.05, 0) is 43.4 Å². The van der Waals surface area contributed by atoms with Crippen LogP contribution in [-0.2, 0) is 4.79 Å². The molecular formula is C19H24Cl2N2O4. The summed E-state index contributed by atoms with van der Waals surface area (Å²) in [6, 6.07) is 4.94. The van der Waals surface area contributed by atoms with Crippen molar-refractivity contribution in [3.63, 3.8) is 0 Å². The van der Waals surface area contributed by atoms with Crippen molar-refractivity contribution >= 4 is 35.2 Å². The zero-order valence-corrected chi connectivity index (χ0v) is 16.7. The number of aliphatic hydroxyl groups excluding tert-OH is 1. The summed E-state index contributed by atoms with van der Waals surface area (Å²) in [6.45, 7) is 0.795. The van der Waals surface area contributed by atoms with Crippen molar-refractivity contribution in [3.05, 3.63) is 33.8 Å². The van der Waals surface area contributed by atoms with Crippen LogP contribution in [0.25, 0.3) is 0 Å². The molecule has 1 aliphatic carbocycles. The minimum Gasteiger partial charge on any atom is -0.465 e. The summed E-state index contributed by atoms with van der Waals surface area (Å²) in [4.78, 5) is 27.6. The Morgan fingerprint density at radius 3 is 2.37 bits per heavy atom. The van der Waals surface area contributed by atoms with Crippen LogP contribution in [0, 0.1) is 5.92 Å². The van der Waals surface area contributed by atoms with E-state index in [0.717, 1.165) is 5.56 Å². The van der Waals surface area contributed by atoms with Crippen molar-refractivity contribution in [2.75, 3.05) is 20.1 Å². The number of likely N-dealkylation sites (tertiary alicyclic amines) is 1. The van der Waals surface area contributed by atoms with Crippen molar-refractivity contribution in [3.8, 4) is 0 Å². The first-order valence-electron chi connectivity index (χ1n) is 9.15. The molecule has 27 heavy (non-hydrogen) atoms. The van der Waals surface area contributed by atoms with E-state index in [0.29, 0.717) is 48.8 Å². The SMILES string of the molecule is CN(C(=O)O)[C@H]1CN(C(=O)C2CCC(O)CC2)C[C@@H]1c1ccc(Cl)c(Cl)c1. The molecule has 1 aromatic rings. The molecule has 1 heterocycles. The molecule has 0 bridgehead atoms. The van der Waals surface area contributed by atoms with Gasteiger partial charge in [0.25, 0.3) is 0 Å². The number of hydrogen-bond acceptors (Lipinski definition) is 3. The minimum absolute atomic E-state index is 0.0493. The average Bonchev–Trinajstić information content (AvgIpc) is 3.08. The van der Waals surface area contributed by atoms with E-state index in [4.69, 9.17) is 23.2 Å². The molecule has 2 fully saturated rings. The summed E-state index contributed by atoms with van der Waals surface area (Å²) in [5.74, 6) is -0.219. The summed E-state index contributed by atoms with van der Waals surface area (Å²) >= 11 is 12.2. The lowest BCUT2D eigenvalue weighted by molar-refractivity contribution is -0.136. The van der Waals surface area contributed by atoms with Crippen LogP contribution in [0.3, 0.4) is 0 Å². The maximum atomic E-state index is 13.0. The number of hydrogen-bond donors (Lipinski definition) is 2. The third-order valence-corrected chi connectivity index (χ3v) is 6.56. The quantitative estimate of drug-likeness (QED) is 0.793. The molecule has 2 aliphatic rings. The maximum Gasteiger partial charge on any atom is 0.407 e. The molecule has 8 heteroatoms. The van der Waals surface area contributed by atoms with Gasteiger partial charge in [-0.25, -0.2) is 4.79 Å². The molecule has 148 valence electrons. The van der Waals surface area contributed by atoms with Crippen molar-refractivity contribution in [1.82, 2.24) is 9.80 Å². The van der Waals surface area contributed by atoms with Crippen LogP contribution in [0.15, 0.2) is 18.2 Å². The highest BCUT2D eigenvalue weighted by atomic mass is 35.5. The summed E-state index contributed by atoms with van der Waals surface area (Å²) < 4.78 is 0. The molecule has 0 unspecified atom stereocenters. The molecular weight excluding hydrogens is 391 g/mol. The number of benzene rings is 1. The smallest absolute Gasteiger partial charge is 0.407 e. The molecule has 1 saturated heterocycles. The molecule has 6 nitrogen and oxygen atoms in total. The van der Waals surface area contributed by atoms with E-state index in [1.54, 1.807) is 17.0 Å². The van der Waals surface area contributed by atoms with E-state index in [1.165, 1.54) is 11.9 Å². The van der Waals surface area contributed by atoms with Gasteiger partial charge in [0.1, 0.15) is 0 Å². The molecule has 1 aliphatic heterocycles. The summed E-state index contributed by atoms with van der Waals surface area (Å²) in [6.07, 6.45) is 1.28. The Labute approximate surface area is 168 Å². The van der Waals surface area contributed by atoms with Gasteiger partial charge in [0.05, 0.1) is 22.2 Å². The first kappa shape index (κ1) is 20.2. The Morgan fingerprint density at radius 1 is 1.11 bits per heavy atom. The number of aliphatic hydroxyl groups is 1. The van der Waals surface area contributed by atoms with Crippen LogP contribution in [0.4, 0.5) is 4.79 Å². The first-order valence-corrected chi connectivity index (χ1v) is 9.91. The largest absolute Gasteiger partial charge is 0.465 e. The van der Waals surface area contributed by atoms with E-state index >= 15 is 0 Å². The van der Waals surface area contributed by atoms with E-state index < -0.39 is 6.09 Å². The fourth-order valence-corrected chi connectivity index (χ4v) is 4.46. The van der Waals surface area contributed by atoms with E-state index in [1.807, 2.05) is 6.07 Å². The average molecular weight is 415 g/mol. The zero-order valence-electron chi connectivity index (χ0n) is 15.1. The Morgan fingerprint density at radius 2 is 1.78 bits per heavy atom. The number of amides is 2. The van der Waals surface area contributed by atoms with Gasteiger partial charge in [-0.1, -0.05) is 29.3 Å². The molecule has 1 saturated carbocycles. The summed E-state index contributed by atoms with van der Waals surface area (Å²) in [5.41, 5.74) is 0.872.